The molecule has 1 aliphatic rings. The number of aliphatic carboxylic acids is 1. The van der Waals surface area contributed by atoms with E-state index in [4.69, 9.17) is 0 Å². The van der Waals surface area contributed by atoms with Gasteiger partial charge in [-0.2, -0.15) is 0 Å². The molecule has 2 aromatic rings. The summed E-state index contributed by atoms with van der Waals surface area (Å²) >= 11 is 0. The number of carbonyl (C=O) groups is 3. The molecule has 0 spiro atoms. The summed E-state index contributed by atoms with van der Waals surface area (Å²) in [6.07, 6.45) is 3.30. The van der Waals surface area contributed by atoms with Gasteiger partial charge in [-0.3, -0.25) is 4.79 Å². The average molecular weight is 442 g/mol. The molecular formula is C24H28FN3O4. The van der Waals surface area contributed by atoms with Gasteiger partial charge in [0.1, 0.15) is 11.9 Å². The van der Waals surface area contributed by atoms with E-state index in [2.05, 4.69) is 16.0 Å². The van der Waals surface area contributed by atoms with Gasteiger partial charge in [0.2, 0.25) is 0 Å². The van der Waals surface area contributed by atoms with Crippen LogP contribution in [0.5, 0.6) is 0 Å². The lowest BCUT2D eigenvalue weighted by Gasteiger charge is -2.21. The summed E-state index contributed by atoms with van der Waals surface area (Å²) in [5, 5.41) is 17.4. The number of hydrogen-bond donors (Lipinski definition) is 4. The average Bonchev–Trinajstić information content (AvgIpc) is 3.23. The second kappa shape index (κ2) is 9.80. The van der Waals surface area contributed by atoms with Crippen molar-refractivity contribution in [3.63, 3.8) is 0 Å². The molecule has 7 nitrogen and oxygen atoms in total. The summed E-state index contributed by atoms with van der Waals surface area (Å²) in [6.45, 7) is 5.69. The minimum Gasteiger partial charge on any atom is -0.480 e. The molecule has 0 heterocycles. The summed E-state index contributed by atoms with van der Waals surface area (Å²) in [7, 11) is 0. The predicted octanol–water partition coefficient (Wildman–Crippen LogP) is 4.77. The van der Waals surface area contributed by atoms with Gasteiger partial charge >= 0.3 is 12.0 Å². The zero-order valence-electron chi connectivity index (χ0n) is 18.4. The Morgan fingerprint density at radius 3 is 2.22 bits per heavy atom. The van der Waals surface area contributed by atoms with Crippen LogP contribution in [0.2, 0.25) is 0 Å². The lowest BCUT2D eigenvalue weighted by Crippen LogP contribution is -2.45. The number of anilines is 2. The van der Waals surface area contributed by atoms with Crippen LogP contribution >= 0.6 is 0 Å². The number of urea groups is 1. The maximum absolute atomic E-state index is 13.9. The van der Waals surface area contributed by atoms with Gasteiger partial charge < -0.3 is 21.1 Å². The van der Waals surface area contributed by atoms with Crippen LogP contribution in [0.15, 0.2) is 30.3 Å². The number of carboxylic acids is 1. The first-order valence-corrected chi connectivity index (χ1v) is 10.6. The number of hydrogen-bond acceptors (Lipinski definition) is 3. The number of amides is 3. The highest BCUT2D eigenvalue weighted by Crippen LogP contribution is 2.29. The number of aryl methyl sites for hydroxylation is 3. The second-order valence-electron chi connectivity index (χ2n) is 8.38. The summed E-state index contributed by atoms with van der Waals surface area (Å²) in [5.41, 5.74) is 3.38. The Kier molecular flexibility index (Phi) is 7.12. The first-order valence-electron chi connectivity index (χ1n) is 10.6. The molecule has 3 rings (SSSR count). The van der Waals surface area contributed by atoms with E-state index >= 15 is 0 Å². The molecule has 3 amide bonds. The van der Waals surface area contributed by atoms with Crippen molar-refractivity contribution >= 4 is 29.3 Å². The van der Waals surface area contributed by atoms with E-state index in [9.17, 15) is 23.9 Å². The van der Waals surface area contributed by atoms with Gasteiger partial charge in [-0.15, -0.1) is 0 Å². The van der Waals surface area contributed by atoms with Crippen molar-refractivity contribution in [2.75, 3.05) is 10.6 Å². The third-order valence-electron chi connectivity index (χ3n) is 5.81. The standard InChI is InChI=1S/C24H28FN3O4/c1-13-10-14(2)20(15(3)11-13)28-24(32)26-19-12-17(25)8-9-18(19)22(29)27-21(23(30)31)16-6-4-5-7-16/h8-12,16,21H,4-7H2,1-3H3,(H,27,29)(H,30,31)(H2,26,28,32). The first-order chi connectivity index (χ1) is 15.2. The van der Waals surface area contributed by atoms with E-state index in [0.29, 0.717) is 5.69 Å². The second-order valence-corrected chi connectivity index (χ2v) is 8.38. The van der Waals surface area contributed by atoms with Crippen LogP contribution < -0.4 is 16.0 Å². The topological polar surface area (TPSA) is 108 Å². The van der Waals surface area contributed by atoms with Gasteiger partial charge in [0.15, 0.2) is 0 Å². The zero-order valence-corrected chi connectivity index (χ0v) is 18.4. The maximum atomic E-state index is 13.9. The molecule has 8 heteroatoms. The molecule has 170 valence electrons. The molecule has 4 N–H and O–H groups in total. The number of benzene rings is 2. The largest absolute Gasteiger partial charge is 0.480 e. The molecule has 0 radical (unpaired) electrons. The maximum Gasteiger partial charge on any atom is 0.326 e. The molecule has 32 heavy (non-hydrogen) atoms. The van der Waals surface area contributed by atoms with Crippen LogP contribution in [0.25, 0.3) is 0 Å². The van der Waals surface area contributed by atoms with E-state index < -0.39 is 29.8 Å². The molecule has 2 aromatic carbocycles. The number of carboxylic acid groups (broad SMARTS) is 1. The van der Waals surface area contributed by atoms with Crippen LogP contribution in [0.3, 0.4) is 0 Å². The van der Waals surface area contributed by atoms with Crippen LogP contribution in [0.1, 0.15) is 52.7 Å². The Labute approximate surface area is 186 Å². The molecule has 1 fully saturated rings. The Balaban J connectivity index is 1.79. The van der Waals surface area contributed by atoms with Crippen molar-refractivity contribution in [2.24, 2.45) is 5.92 Å². The zero-order chi connectivity index (χ0) is 23.4. The highest BCUT2D eigenvalue weighted by Gasteiger charge is 2.32. The number of rotatable bonds is 6. The molecule has 1 aliphatic carbocycles. The minimum absolute atomic E-state index is 0.0110. The van der Waals surface area contributed by atoms with Crippen LogP contribution in [-0.2, 0) is 4.79 Å². The smallest absolute Gasteiger partial charge is 0.326 e. The van der Waals surface area contributed by atoms with Gasteiger partial charge in [0, 0.05) is 5.69 Å². The van der Waals surface area contributed by atoms with Crippen molar-refractivity contribution in [1.29, 1.82) is 0 Å². The molecule has 1 unspecified atom stereocenters. The molecule has 1 saturated carbocycles. The third-order valence-corrected chi connectivity index (χ3v) is 5.81. The van der Waals surface area contributed by atoms with Gasteiger partial charge in [-0.05, 0) is 68.9 Å². The van der Waals surface area contributed by atoms with Gasteiger partial charge in [-0.25, -0.2) is 14.0 Å². The Hall–Kier alpha value is -3.42. The van der Waals surface area contributed by atoms with E-state index in [1.807, 2.05) is 32.9 Å². The van der Waals surface area contributed by atoms with Gasteiger partial charge in [-0.1, -0.05) is 30.5 Å². The van der Waals surface area contributed by atoms with Crippen LogP contribution in [-0.4, -0.2) is 29.1 Å². The van der Waals surface area contributed by atoms with Gasteiger partial charge in [0.05, 0.1) is 11.3 Å². The summed E-state index contributed by atoms with van der Waals surface area (Å²) in [6, 6.07) is 5.56. The number of carbonyl (C=O) groups excluding carboxylic acids is 2. The number of nitrogens with one attached hydrogen (secondary N) is 3. The monoisotopic (exact) mass is 441 g/mol. The Morgan fingerprint density at radius 2 is 1.62 bits per heavy atom. The Bertz CT molecular complexity index is 1020. The minimum atomic E-state index is -1.11. The normalized spacial score (nSPS) is 14.6. The SMILES string of the molecule is Cc1cc(C)c(NC(=O)Nc2cc(F)ccc2C(=O)NC(C(=O)O)C2CCCC2)c(C)c1. The van der Waals surface area contributed by atoms with Crippen molar-refractivity contribution in [2.45, 2.75) is 52.5 Å². The molecular weight excluding hydrogens is 413 g/mol. The van der Waals surface area contributed by atoms with E-state index in [0.717, 1.165) is 54.5 Å². The van der Waals surface area contributed by atoms with Crippen molar-refractivity contribution in [1.82, 2.24) is 5.32 Å². The lowest BCUT2D eigenvalue weighted by atomic mass is 9.97. The van der Waals surface area contributed by atoms with Crippen molar-refractivity contribution in [3.05, 3.63) is 58.4 Å². The molecule has 0 bridgehead atoms. The first kappa shape index (κ1) is 23.2. The quantitative estimate of drug-likeness (QED) is 0.518. The summed E-state index contributed by atoms with van der Waals surface area (Å²) < 4.78 is 13.9. The third kappa shape index (κ3) is 5.43. The molecule has 0 aliphatic heterocycles. The van der Waals surface area contributed by atoms with Crippen molar-refractivity contribution in [3.8, 4) is 0 Å². The lowest BCUT2D eigenvalue weighted by molar-refractivity contribution is -0.140. The summed E-state index contributed by atoms with van der Waals surface area (Å²) in [4.78, 5) is 37.2. The van der Waals surface area contributed by atoms with E-state index in [-0.39, 0.29) is 17.2 Å². The molecule has 0 aromatic heterocycles. The summed E-state index contributed by atoms with van der Waals surface area (Å²) in [5.74, 6) is -2.57. The molecule has 1 atom stereocenters. The fourth-order valence-electron chi connectivity index (χ4n) is 4.35. The highest BCUT2D eigenvalue weighted by atomic mass is 19.1. The number of halogens is 1. The fourth-order valence-corrected chi connectivity index (χ4v) is 4.35. The van der Waals surface area contributed by atoms with Crippen molar-refractivity contribution < 1.29 is 23.9 Å². The predicted molar refractivity (Wildman–Crippen MR) is 121 cm³/mol. The van der Waals surface area contributed by atoms with Crippen LogP contribution in [0.4, 0.5) is 20.6 Å². The van der Waals surface area contributed by atoms with E-state index in [1.54, 1.807) is 0 Å². The van der Waals surface area contributed by atoms with Gasteiger partial charge in [0.25, 0.3) is 5.91 Å². The van der Waals surface area contributed by atoms with Crippen LogP contribution in [0, 0.1) is 32.5 Å². The Morgan fingerprint density at radius 1 is 1.00 bits per heavy atom. The highest BCUT2D eigenvalue weighted by molar-refractivity contribution is 6.07. The van der Waals surface area contributed by atoms with E-state index in [1.165, 1.54) is 6.07 Å². The fraction of sp³-hybridized carbons (Fsp3) is 0.375. The molecule has 0 saturated heterocycles.